The summed E-state index contributed by atoms with van der Waals surface area (Å²) in [4.78, 5) is 30.4. The van der Waals surface area contributed by atoms with E-state index in [-0.39, 0.29) is 11.9 Å². The number of imide groups is 1. The van der Waals surface area contributed by atoms with Gasteiger partial charge in [0, 0.05) is 14.1 Å². The summed E-state index contributed by atoms with van der Waals surface area (Å²) in [6.07, 6.45) is 2.58. The van der Waals surface area contributed by atoms with E-state index in [1.165, 1.54) is 11.9 Å². The summed E-state index contributed by atoms with van der Waals surface area (Å²) >= 11 is 0. The largest absolute Gasteiger partial charge is 0.333 e. The van der Waals surface area contributed by atoms with Gasteiger partial charge in [0.05, 0.1) is 6.54 Å². The van der Waals surface area contributed by atoms with E-state index in [1.54, 1.807) is 13.4 Å². The van der Waals surface area contributed by atoms with Crippen LogP contribution in [-0.4, -0.2) is 65.2 Å². The van der Waals surface area contributed by atoms with Crippen LogP contribution < -0.4 is 0 Å². The molecule has 0 spiro atoms. The van der Waals surface area contributed by atoms with Gasteiger partial charge in [-0.2, -0.15) is 0 Å². The predicted molar refractivity (Wildman–Crippen MR) is 58.6 cm³/mol. The molecule has 3 amide bonds. The number of likely N-dealkylation sites (N-methyl/N-ethyl adjacent to an activating group) is 2. The van der Waals surface area contributed by atoms with E-state index in [1.807, 2.05) is 11.5 Å². The molecule has 0 bridgehead atoms. The van der Waals surface area contributed by atoms with Crippen molar-refractivity contribution in [2.24, 2.45) is 4.99 Å². The minimum atomic E-state index is -0.423. The molecule has 0 aromatic rings. The van der Waals surface area contributed by atoms with E-state index in [4.69, 9.17) is 0 Å². The minimum absolute atomic E-state index is 0.205. The van der Waals surface area contributed by atoms with Crippen LogP contribution in [0.2, 0.25) is 0 Å². The molecule has 2 rings (SSSR count). The fourth-order valence-corrected chi connectivity index (χ4v) is 1.99. The SMILES string of the molecule is CCC[N+]1=CN=C2C1C(=O)N(C)C(=O)N2C. The molecule has 0 N–H and O–H groups in total. The fraction of sp³-hybridized carbons (Fsp3) is 0.600. The van der Waals surface area contributed by atoms with E-state index in [9.17, 15) is 9.59 Å². The van der Waals surface area contributed by atoms with Gasteiger partial charge in [-0.1, -0.05) is 6.92 Å². The van der Waals surface area contributed by atoms with E-state index in [2.05, 4.69) is 4.99 Å². The lowest BCUT2D eigenvalue weighted by Gasteiger charge is -2.30. The molecule has 0 aromatic carbocycles. The van der Waals surface area contributed by atoms with E-state index < -0.39 is 6.04 Å². The molecule has 16 heavy (non-hydrogen) atoms. The third-order valence-electron chi connectivity index (χ3n) is 2.88. The topological polar surface area (TPSA) is 56.0 Å². The molecule has 1 unspecified atom stereocenters. The molecule has 0 aromatic heterocycles. The van der Waals surface area contributed by atoms with Crippen molar-refractivity contribution in [3.8, 4) is 0 Å². The Morgan fingerprint density at radius 1 is 1.38 bits per heavy atom. The Hall–Kier alpha value is -1.72. The molecule has 0 radical (unpaired) electrons. The molecule has 6 heteroatoms. The second kappa shape index (κ2) is 3.70. The van der Waals surface area contributed by atoms with Crippen LogP contribution in [0.3, 0.4) is 0 Å². The van der Waals surface area contributed by atoms with Gasteiger partial charge in [0.25, 0.3) is 24.1 Å². The first-order valence-electron chi connectivity index (χ1n) is 5.30. The molecule has 1 saturated heterocycles. The van der Waals surface area contributed by atoms with Gasteiger partial charge in [-0.15, -0.1) is 0 Å². The molecule has 2 heterocycles. The number of hydrogen-bond donors (Lipinski definition) is 0. The zero-order valence-corrected chi connectivity index (χ0v) is 9.67. The van der Waals surface area contributed by atoms with Crippen molar-refractivity contribution in [1.29, 1.82) is 0 Å². The van der Waals surface area contributed by atoms with Crippen LogP contribution in [0.15, 0.2) is 4.99 Å². The highest BCUT2D eigenvalue weighted by atomic mass is 16.2. The van der Waals surface area contributed by atoms with Crippen LogP contribution in [0.5, 0.6) is 0 Å². The zero-order valence-electron chi connectivity index (χ0n) is 9.67. The minimum Gasteiger partial charge on any atom is -0.269 e. The van der Waals surface area contributed by atoms with Gasteiger partial charge in [0.15, 0.2) is 0 Å². The third kappa shape index (κ3) is 1.33. The first kappa shape index (κ1) is 10.8. The number of hydrogen-bond acceptors (Lipinski definition) is 3. The lowest BCUT2D eigenvalue weighted by molar-refractivity contribution is -0.531. The van der Waals surface area contributed by atoms with Crippen molar-refractivity contribution < 1.29 is 14.2 Å². The summed E-state index contributed by atoms with van der Waals surface area (Å²) in [7, 11) is 3.14. The maximum atomic E-state index is 12.0. The van der Waals surface area contributed by atoms with Crippen LogP contribution in [0.25, 0.3) is 0 Å². The Labute approximate surface area is 93.9 Å². The third-order valence-corrected chi connectivity index (χ3v) is 2.88. The molecule has 2 aliphatic rings. The quantitative estimate of drug-likeness (QED) is 0.606. The highest BCUT2D eigenvalue weighted by Crippen LogP contribution is 2.16. The lowest BCUT2D eigenvalue weighted by Crippen LogP contribution is -2.61. The van der Waals surface area contributed by atoms with Crippen molar-refractivity contribution in [3.63, 3.8) is 0 Å². The van der Waals surface area contributed by atoms with Crippen molar-refractivity contribution in [1.82, 2.24) is 9.80 Å². The first-order valence-corrected chi connectivity index (χ1v) is 5.30. The predicted octanol–water partition coefficient (Wildman–Crippen LogP) is -0.258. The molecular formula is C10H15N4O2+. The number of nitrogens with zero attached hydrogens (tertiary/aromatic N) is 4. The Morgan fingerprint density at radius 2 is 2.06 bits per heavy atom. The summed E-state index contributed by atoms with van der Waals surface area (Å²) in [6, 6.07) is -0.751. The maximum Gasteiger partial charge on any atom is 0.333 e. The summed E-state index contributed by atoms with van der Waals surface area (Å²) in [5.41, 5.74) is 0. The van der Waals surface area contributed by atoms with Gasteiger partial charge in [0.2, 0.25) is 0 Å². The second-order valence-electron chi connectivity index (χ2n) is 3.98. The van der Waals surface area contributed by atoms with Crippen LogP contribution in [0, 0.1) is 0 Å². The molecule has 0 aliphatic carbocycles. The van der Waals surface area contributed by atoms with E-state index in [0.29, 0.717) is 5.84 Å². The number of urea groups is 1. The van der Waals surface area contributed by atoms with Gasteiger partial charge in [-0.3, -0.25) is 14.6 Å². The highest BCUT2D eigenvalue weighted by molar-refractivity contribution is 6.21. The number of aliphatic imine (C=N–C) groups is 1. The van der Waals surface area contributed by atoms with Crippen molar-refractivity contribution in [2.45, 2.75) is 19.4 Å². The molecule has 6 nitrogen and oxygen atoms in total. The average Bonchev–Trinajstić information content (AvgIpc) is 2.68. The normalized spacial score (nSPS) is 24.6. The Kier molecular flexibility index (Phi) is 2.49. The second-order valence-corrected chi connectivity index (χ2v) is 3.98. The summed E-state index contributed by atoms with van der Waals surface area (Å²) in [5.74, 6) is 0.325. The zero-order chi connectivity index (χ0) is 11.9. The summed E-state index contributed by atoms with van der Waals surface area (Å²) in [6.45, 7) is 2.80. The summed E-state index contributed by atoms with van der Waals surface area (Å²) in [5, 5.41) is 0. The van der Waals surface area contributed by atoms with Gasteiger partial charge < -0.3 is 0 Å². The Morgan fingerprint density at radius 3 is 2.69 bits per heavy atom. The highest BCUT2D eigenvalue weighted by Gasteiger charge is 2.50. The van der Waals surface area contributed by atoms with Crippen LogP contribution >= 0.6 is 0 Å². The summed E-state index contributed by atoms with van der Waals surface area (Å²) < 4.78 is 1.87. The van der Waals surface area contributed by atoms with Gasteiger partial charge in [-0.25, -0.2) is 9.37 Å². The van der Waals surface area contributed by atoms with Crippen LogP contribution in [-0.2, 0) is 4.79 Å². The van der Waals surface area contributed by atoms with E-state index >= 15 is 0 Å². The monoisotopic (exact) mass is 223 g/mol. The average molecular weight is 223 g/mol. The standard InChI is InChI=1S/C10H15N4O2/c1-4-5-14-6-11-8-7(14)9(15)13(3)10(16)12(8)2/h6-7H,4-5H2,1-3H3/q+1. The van der Waals surface area contributed by atoms with Crippen molar-refractivity contribution >= 4 is 24.1 Å². The lowest BCUT2D eigenvalue weighted by atomic mass is 10.1. The number of rotatable bonds is 2. The van der Waals surface area contributed by atoms with E-state index in [0.717, 1.165) is 17.9 Å². The number of carbonyl (C=O) groups excluding carboxylic acids is 2. The number of fused-ring (bicyclic) bond motifs is 1. The molecular weight excluding hydrogens is 208 g/mol. The van der Waals surface area contributed by atoms with Crippen LogP contribution in [0.4, 0.5) is 4.79 Å². The number of amides is 3. The molecule has 1 fully saturated rings. The molecule has 2 aliphatic heterocycles. The number of carbonyl (C=O) groups is 2. The Balaban J connectivity index is 2.32. The fourth-order valence-electron chi connectivity index (χ4n) is 1.99. The van der Waals surface area contributed by atoms with Crippen LogP contribution in [0.1, 0.15) is 13.3 Å². The number of amidine groups is 1. The van der Waals surface area contributed by atoms with Gasteiger partial charge in [0.1, 0.15) is 0 Å². The maximum absolute atomic E-state index is 12.0. The molecule has 86 valence electrons. The smallest absolute Gasteiger partial charge is 0.269 e. The molecule has 1 atom stereocenters. The Bertz CT molecular complexity index is 413. The van der Waals surface area contributed by atoms with Crippen molar-refractivity contribution in [2.75, 3.05) is 20.6 Å². The molecule has 0 saturated carbocycles. The van der Waals surface area contributed by atoms with Crippen molar-refractivity contribution in [3.05, 3.63) is 0 Å². The van der Waals surface area contributed by atoms with Gasteiger partial charge in [-0.05, 0) is 11.4 Å². The van der Waals surface area contributed by atoms with Gasteiger partial charge >= 0.3 is 6.03 Å². The first-order chi connectivity index (χ1) is 7.57.